The van der Waals surface area contributed by atoms with E-state index in [1.54, 1.807) is 6.92 Å². The van der Waals surface area contributed by atoms with Crippen LogP contribution in [0.2, 0.25) is 0 Å². The van der Waals surface area contributed by atoms with Crippen LogP contribution in [0.15, 0.2) is 34.1 Å². The molecule has 0 aliphatic rings. The van der Waals surface area contributed by atoms with E-state index in [9.17, 15) is 14.5 Å². The summed E-state index contributed by atoms with van der Waals surface area (Å²) in [6, 6.07) is 6.58. The van der Waals surface area contributed by atoms with Gasteiger partial charge in [0.05, 0.1) is 4.92 Å². The van der Waals surface area contributed by atoms with Gasteiger partial charge in [0.2, 0.25) is 5.82 Å². The van der Waals surface area contributed by atoms with Crippen molar-refractivity contribution < 1.29 is 9.31 Å². The molecule has 0 aliphatic heterocycles. The highest BCUT2D eigenvalue weighted by Gasteiger charge is 2.17. The van der Waals surface area contributed by atoms with Crippen LogP contribution in [0.4, 0.5) is 15.8 Å². The maximum Gasteiger partial charge on any atom is 0.305 e. The van der Waals surface area contributed by atoms with E-state index in [0.717, 1.165) is 21.5 Å². The van der Waals surface area contributed by atoms with Gasteiger partial charge in [-0.05, 0) is 48.5 Å². The van der Waals surface area contributed by atoms with Crippen molar-refractivity contribution in [1.29, 1.82) is 0 Å². The molecular weight excluding hydrogens is 354 g/mol. The number of hydrogen-bond acceptors (Lipinski definition) is 5. The third-order valence-electron chi connectivity index (χ3n) is 3.28. The molecule has 8 heteroatoms. The molecule has 1 unspecified atom stereocenters. The van der Waals surface area contributed by atoms with Crippen LogP contribution in [0.25, 0.3) is 0 Å². The number of nitrogens with zero attached hydrogens (tertiary/aromatic N) is 1. The number of benzene rings is 2. The molecule has 0 saturated heterocycles. The van der Waals surface area contributed by atoms with Gasteiger partial charge >= 0.3 is 5.69 Å². The van der Waals surface area contributed by atoms with Crippen LogP contribution in [0.5, 0.6) is 0 Å². The second-order valence-electron chi connectivity index (χ2n) is 4.95. The summed E-state index contributed by atoms with van der Waals surface area (Å²) in [4.78, 5) is 11.9. The van der Waals surface area contributed by atoms with Gasteiger partial charge < -0.3 is 5.32 Å². The van der Waals surface area contributed by atoms with E-state index in [4.69, 9.17) is 0 Å². The fraction of sp³-hybridized carbons (Fsp3) is 0.200. The number of halogens is 1. The number of hydrogen-bond donors (Lipinski definition) is 1. The van der Waals surface area contributed by atoms with Crippen molar-refractivity contribution in [2.45, 2.75) is 23.6 Å². The first-order chi connectivity index (χ1) is 10.8. The summed E-state index contributed by atoms with van der Waals surface area (Å²) in [6.45, 7) is 3.75. The van der Waals surface area contributed by atoms with Crippen molar-refractivity contribution in [3.05, 3.63) is 51.3 Å². The number of aryl methyl sites for hydroxylation is 2. The molecule has 122 valence electrons. The number of anilines is 1. The van der Waals surface area contributed by atoms with Gasteiger partial charge in [-0.15, -0.1) is 9.24 Å². The molecular formula is C15H16FN2O2PS2. The summed E-state index contributed by atoms with van der Waals surface area (Å²) in [7, 11) is 7.43. The van der Waals surface area contributed by atoms with Crippen LogP contribution in [-0.4, -0.2) is 12.0 Å². The zero-order chi connectivity index (χ0) is 17.1. The minimum absolute atomic E-state index is 0.494. The molecule has 23 heavy (non-hydrogen) atoms. The molecule has 0 fully saturated rings. The van der Waals surface area contributed by atoms with Gasteiger partial charge in [-0.25, -0.2) is 0 Å². The van der Waals surface area contributed by atoms with Crippen LogP contribution in [-0.2, 0) is 0 Å². The van der Waals surface area contributed by atoms with Crippen LogP contribution >= 0.6 is 30.8 Å². The zero-order valence-corrected chi connectivity index (χ0v) is 15.6. The van der Waals surface area contributed by atoms with E-state index in [-0.39, 0.29) is 0 Å². The molecule has 0 aromatic heterocycles. The lowest BCUT2D eigenvalue weighted by Gasteiger charge is -2.12. The molecule has 2 aromatic rings. The van der Waals surface area contributed by atoms with Crippen molar-refractivity contribution in [1.82, 2.24) is 0 Å². The van der Waals surface area contributed by atoms with Gasteiger partial charge in [0, 0.05) is 28.6 Å². The third kappa shape index (κ3) is 4.16. The average Bonchev–Trinajstić information content (AvgIpc) is 2.47. The minimum atomic E-state index is -0.803. The SMILES string of the molecule is CNc1cc(SSc2cc([N+](=O)[O-])c(F)cc2C)c(C)cc1P. The average molecular weight is 370 g/mol. The van der Waals surface area contributed by atoms with Gasteiger partial charge in [-0.2, -0.15) is 4.39 Å². The molecule has 1 atom stereocenters. The zero-order valence-electron chi connectivity index (χ0n) is 12.8. The molecule has 0 bridgehead atoms. The Bertz CT molecular complexity index is 772. The Morgan fingerprint density at radius 1 is 1.13 bits per heavy atom. The largest absolute Gasteiger partial charge is 0.388 e. The van der Waals surface area contributed by atoms with Crippen molar-refractivity contribution >= 4 is 47.5 Å². The summed E-state index contributed by atoms with van der Waals surface area (Å²) < 4.78 is 13.6. The summed E-state index contributed by atoms with van der Waals surface area (Å²) in [5.74, 6) is -0.803. The van der Waals surface area contributed by atoms with Crippen LogP contribution < -0.4 is 10.6 Å². The number of rotatable bonds is 5. The molecule has 0 heterocycles. The smallest absolute Gasteiger partial charge is 0.305 e. The van der Waals surface area contributed by atoms with Crippen molar-refractivity contribution in [2.24, 2.45) is 0 Å². The molecule has 0 radical (unpaired) electrons. The van der Waals surface area contributed by atoms with Gasteiger partial charge in [0.15, 0.2) is 0 Å². The summed E-state index contributed by atoms with van der Waals surface area (Å²) in [5, 5.41) is 15.1. The van der Waals surface area contributed by atoms with Gasteiger partial charge in [-0.3, -0.25) is 10.1 Å². The number of nitro groups is 1. The maximum atomic E-state index is 13.6. The lowest BCUT2D eigenvalue weighted by molar-refractivity contribution is -0.387. The molecule has 0 amide bonds. The predicted molar refractivity (Wildman–Crippen MR) is 99.6 cm³/mol. The fourth-order valence-corrected chi connectivity index (χ4v) is 4.96. The Balaban J connectivity index is 2.28. The first kappa shape index (κ1) is 18.0. The molecule has 0 spiro atoms. The standard InChI is InChI=1S/C15H16FN2O2PS2/c1-8-4-10(16)12(18(19)20)7-15(8)23-22-14-6-11(17-3)13(21)5-9(14)2/h4-7,17H,21H2,1-3H3. The van der Waals surface area contributed by atoms with E-state index < -0.39 is 16.4 Å². The topological polar surface area (TPSA) is 55.2 Å². The number of nitrogens with one attached hydrogen (secondary N) is 1. The Morgan fingerprint density at radius 2 is 1.70 bits per heavy atom. The molecule has 0 saturated carbocycles. The summed E-state index contributed by atoms with van der Waals surface area (Å²) in [5.41, 5.74) is 2.30. The van der Waals surface area contributed by atoms with Gasteiger partial charge in [0.25, 0.3) is 0 Å². The minimum Gasteiger partial charge on any atom is -0.388 e. The second kappa shape index (κ2) is 7.51. The molecule has 4 nitrogen and oxygen atoms in total. The van der Waals surface area contributed by atoms with E-state index in [0.29, 0.717) is 10.5 Å². The van der Waals surface area contributed by atoms with Crippen molar-refractivity contribution in [3.63, 3.8) is 0 Å². The van der Waals surface area contributed by atoms with Crippen LogP contribution in [0, 0.1) is 29.8 Å². The van der Waals surface area contributed by atoms with E-state index >= 15 is 0 Å². The Morgan fingerprint density at radius 3 is 2.26 bits per heavy atom. The highest BCUT2D eigenvalue weighted by atomic mass is 33.1. The molecule has 2 aromatic carbocycles. The van der Waals surface area contributed by atoms with E-state index in [1.807, 2.05) is 20.0 Å². The Labute approximate surface area is 144 Å². The molecule has 2 rings (SSSR count). The van der Waals surface area contributed by atoms with Gasteiger partial charge in [0.1, 0.15) is 0 Å². The monoisotopic (exact) mass is 370 g/mol. The Hall–Kier alpha value is -1.30. The van der Waals surface area contributed by atoms with Crippen molar-refractivity contribution in [3.8, 4) is 0 Å². The van der Waals surface area contributed by atoms with Crippen LogP contribution in [0.3, 0.4) is 0 Å². The Kier molecular flexibility index (Phi) is 5.89. The lowest BCUT2D eigenvalue weighted by Crippen LogP contribution is -2.03. The molecule has 1 N–H and O–H groups in total. The predicted octanol–water partition coefficient (Wildman–Crippen LogP) is 4.69. The van der Waals surface area contributed by atoms with E-state index in [1.165, 1.54) is 33.7 Å². The number of nitro benzene ring substituents is 1. The first-order valence-corrected chi connectivity index (χ1v) is 9.43. The van der Waals surface area contributed by atoms with Crippen LogP contribution in [0.1, 0.15) is 11.1 Å². The first-order valence-electron chi connectivity index (χ1n) is 6.70. The summed E-state index contributed by atoms with van der Waals surface area (Å²) in [6.07, 6.45) is 0. The third-order valence-corrected chi connectivity index (χ3v) is 6.41. The van der Waals surface area contributed by atoms with Crippen molar-refractivity contribution in [2.75, 3.05) is 12.4 Å². The van der Waals surface area contributed by atoms with Gasteiger partial charge in [-0.1, -0.05) is 21.6 Å². The second-order valence-corrected chi connectivity index (χ2v) is 7.78. The highest BCUT2D eigenvalue weighted by molar-refractivity contribution is 8.76. The fourth-order valence-electron chi connectivity index (χ4n) is 1.98. The quantitative estimate of drug-likeness (QED) is 0.358. The normalized spacial score (nSPS) is 10.7. The van der Waals surface area contributed by atoms with E-state index in [2.05, 4.69) is 20.6 Å². The summed E-state index contributed by atoms with van der Waals surface area (Å²) >= 11 is 0. The lowest BCUT2D eigenvalue weighted by atomic mass is 10.2. The molecule has 0 aliphatic carbocycles. The highest BCUT2D eigenvalue weighted by Crippen LogP contribution is 2.42. The maximum absolute atomic E-state index is 13.6.